The van der Waals surface area contributed by atoms with Crippen molar-refractivity contribution in [1.82, 2.24) is 9.80 Å². The summed E-state index contributed by atoms with van der Waals surface area (Å²) >= 11 is 0. The van der Waals surface area contributed by atoms with Crippen LogP contribution in [0.25, 0.3) is 0 Å². The Morgan fingerprint density at radius 3 is 2.16 bits per heavy atom. The Bertz CT molecular complexity index is 416. The average Bonchev–Trinajstić information content (AvgIpc) is 2.86. The molecule has 4 atom stereocenters. The van der Waals surface area contributed by atoms with E-state index in [1.807, 2.05) is 0 Å². The molecule has 6 heteroatoms. The largest absolute Gasteiger partial charge is 0.389 e. The number of β-amino-alcohol motifs (C(OH)–C–C–N with tert-alkyl or cyclic N) is 1. The predicted octanol–water partition coefficient (Wildman–Crippen LogP) is 3.06. The second-order valence-electron chi connectivity index (χ2n) is 8.82. The van der Waals surface area contributed by atoms with Gasteiger partial charge in [0.05, 0.1) is 18.8 Å². The van der Waals surface area contributed by atoms with E-state index in [-0.39, 0.29) is 30.9 Å². The first-order valence-corrected chi connectivity index (χ1v) is 9.61. The van der Waals surface area contributed by atoms with E-state index in [1.165, 1.54) is 19.3 Å². The lowest BCUT2D eigenvalue weighted by molar-refractivity contribution is -0.0806. The van der Waals surface area contributed by atoms with Crippen molar-refractivity contribution in [1.29, 1.82) is 0 Å². The molecule has 4 nitrogen and oxygen atoms in total. The molecular formula is C19H38Cl2N2O2. The molecule has 0 aromatic carbocycles. The van der Waals surface area contributed by atoms with Crippen molar-refractivity contribution in [3.63, 3.8) is 0 Å². The summed E-state index contributed by atoms with van der Waals surface area (Å²) in [5, 5.41) is 10.4. The molecule has 0 amide bonds. The van der Waals surface area contributed by atoms with E-state index in [0.717, 1.165) is 45.2 Å². The van der Waals surface area contributed by atoms with Gasteiger partial charge in [-0.25, -0.2) is 0 Å². The highest BCUT2D eigenvalue weighted by molar-refractivity contribution is 5.85. The van der Waals surface area contributed by atoms with E-state index in [9.17, 15) is 5.11 Å². The van der Waals surface area contributed by atoms with E-state index in [4.69, 9.17) is 4.74 Å². The first-order valence-electron chi connectivity index (χ1n) is 9.61. The lowest BCUT2D eigenvalue weighted by Crippen LogP contribution is -2.49. The molecule has 0 aromatic heterocycles. The zero-order chi connectivity index (χ0) is 16.7. The van der Waals surface area contributed by atoms with Gasteiger partial charge in [-0.15, -0.1) is 24.8 Å². The van der Waals surface area contributed by atoms with Crippen molar-refractivity contribution in [2.75, 3.05) is 45.9 Å². The lowest BCUT2D eigenvalue weighted by Gasteiger charge is -2.39. The van der Waals surface area contributed by atoms with Crippen LogP contribution in [-0.2, 0) is 4.74 Å². The smallest absolute Gasteiger partial charge is 0.0900 e. The molecule has 0 spiro atoms. The molecule has 3 fully saturated rings. The summed E-state index contributed by atoms with van der Waals surface area (Å²) in [5.74, 6) is 0.803. The molecule has 3 aliphatic rings. The molecule has 2 bridgehead atoms. The summed E-state index contributed by atoms with van der Waals surface area (Å²) in [6.07, 6.45) is 3.81. The van der Waals surface area contributed by atoms with E-state index < -0.39 is 0 Å². The van der Waals surface area contributed by atoms with Crippen molar-refractivity contribution < 1.29 is 9.84 Å². The molecule has 0 aromatic rings. The Morgan fingerprint density at radius 2 is 1.68 bits per heavy atom. The van der Waals surface area contributed by atoms with Crippen molar-refractivity contribution in [3.05, 3.63) is 0 Å². The quantitative estimate of drug-likeness (QED) is 0.748. The normalized spacial score (nSPS) is 35.9. The average molecular weight is 397 g/mol. The van der Waals surface area contributed by atoms with Crippen molar-refractivity contribution in [3.8, 4) is 0 Å². The van der Waals surface area contributed by atoms with Crippen LogP contribution in [0.4, 0.5) is 0 Å². The molecule has 150 valence electrons. The van der Waals surface area contributed by atoms with E-state index in [1.54, 1.807) is 0 Å². The standard InChI is InChI=1S/C19H36N2O2.2ClH/c1-5-20-8-10-21(11-9-20)13-16(22)14-23-17-12-15-6-7-19(17,4)18(15,2)3;;/h15-17,22H,5-14H2,1-4H3;2*1H. The first kappa shape index (κ1) is 23.5. The monoisotopic (exact) mass is 396 g/mol. The van der Waals surface area contributed by atoms with Gasteiger partial charge in [-0.1, -0.05) is 27.7 Å². The van der Waals surface area contributed by atoms with Crippen LogP contribution in [0.1, 0.15) is 47.0 Å². The molecule has 25 heavy (non-hydrogen) atoms. The number of aliphatic hydroxyl groups is 1. The fraction of sp³-hybridized carbons (Fsp3) is 1.00. The maximum absolute atomic E-state index is 10.4. The molecule has 1 aliphatic heterocycles. The predicted molar refractivity (Wildman–Crippen MR) is 108 cm³/mol. The summed E-state index contributed by atoms with van der Waals surface area (Å²) in [6, 6.07) is 0. The van der Waals surface area contributed by atoms with Gasteiger partial charge in [-0.3, -0.25) is 4.90 Å². The van der Waals surface area contributed by atoms with Crippen LogP contribution in [-0.4, -0.2) is 73.0 Å². The Balaban J connectivity index is 0.00000156. The van der Waals surface area contributed by atoms with Crippen molar-refractivity contribution in [2.45, 2.75) is 59.2 Å². The minimum absolute atomic E-state index is 0. The number of hydrogen-bond donors (Lipinski definition) is 1. The Hall–Kier alpha value is 0.420. The number of fused-ring (bicyclic) bond motifs is 2. The third-order valence-corrected chi connectivity index (χ3v) is 7.58. The molecule has 1 heterocycles. The molecule has 1 saturated heterocycles. The number of rotatable bonds is 6. The van der Waals surface area contributed by atoms with Crippen LogP contribution in [0.5, 0.6) is 0 Å². The third kappa shape index (κ3) is 4.47. The zero-order valence-corrected chi connectivity index (χ0v) is 18.0. The lowest BCUT2D eigenvalue weighted by atomic mass is 9.70. The minimum atomic E-state index is -0.353. The maximum atomic E-state index is 10.4. The summed E-state index contributed by atoms with van der Waals surface area (Å²) in [4.78, 5) is 4.85. The van der Waals surface area contributed by atoms with Crippen LogP contribution in [0.3, 0.4) is 0 Å². The van der Waals surface area contributed by atoms with Crippen LogP contribution < -0.4 is 0 Å². The Morgan fingerprint density at radius 1 is 1.08 bits per heavy atom. The number of aliphatic hydroxyl groups excluding tert-OH is 1. The number of nitrogens with zero attached hydrogens (tertiary/aromatic N) is 2. The molecule has 2 aliphatic carbocycles. The highest BCUT2D eigenvalue weighted by atomic mass is 35.5. The molecule has 0 radical (unpaired) electrons. The van der Waals surface area contributed by atoms with Gasteiger partial charge in [0.2, 0.25) is 0 Å². The number of ether oxygens (including phenoxy) is 1. The van der Waals surface area contributed by atoms with Crippen LogP contribution in [0.15, 0.2) is 0 Å². The number of piperazine rings is 1. The number of hydrogen-bond acceptors (Lipinski definition) is 4. The molecule has 1 N–H and O–H groups in total. The highest BCUT2D eigenvalue weighted by Gasteiger charge is 2.61. The van der Waals surface area contributed by atoms with Crippen LogP contribution in [0.2, 0.25) is 0 Å². The summed E-state index contributed by atoms with van der Waals surface area (Å²) < 4.78 is 6.23. The van der Waals surface area contributed by atoms with Gasteiger partial charge >= 0.3 is 0 Å². The van der Waals surface area contributed by atoms with Crippen molar-refractivity contribution in [2.24, 2.45) is 16.7 Å². The number of likely N-dealkylation sites (N-methyl/N-ethyl adjacent to an activating group) is 1. The number of halogens is 2. The third-order valence-electron chi connectivity index (χ3n) is 7.58. The first-order chi connectivity index (χ1) is 10.9. The van der Waals surface area contributed by atoms with Gasteiger partial charge in [0.25, 0.3) is 0 Å². The van der Waals surface area contributed by atoms with Crippen LogP contribution in [0, 0.1) is 16.7 Å². The maximum Gasteiger partial charge on any atom is 0.0900 e. The minimum Gasteiger partial charge on any atom is -0.389 e. The molecule has 3 rings (SSSR count). The topological polar surface area (TPSA) is 35.9 Å². The SMILES string of the molecule is CCN1CCN(CC(O)COC2CC3CCC2(C)C3(C)C)CC1.Cl.Cl. The van der Waals surface area contributed by atoms with E-state index in [2.05, 4.69) is 37.5 Å². The second kappa shape index (κ2) is 9.07. The van der Waals surface area contributed by atoms with E-state index >= 15 is 0 Å². The fourth-order valence-electron chi connectivity index (χ4n) is 5.25. The Kier molecular flexibility index (Phi) is 8.51. The zero-order valence-electron chi connectivity index (χ0n) is 16.4. The molecule has 4 unspecified atom stereocenters. The highest BCUT2D eigenvalue weighted by Crippen LogP contribution is 2.66. The van der Waals surface area contributed by atoms with Gasteiger partial charge in [-0.05, 0) is 42.6 Å². The molecular weight excluding hydrogens is 359 g/mol. The van der Waals surface area contributed by atoms with Gasteiger partial charge in [0, 0.05) is 32.7 Å². The summed E-state index contributed by atoms with van der Waals surface area (Å²) in [6.45, 7) is 16.2. The van der Waals surface area contributed by atoms with Gasteiger partial charge in [-0.2, -0.15) is 0 Å². The van der Waals surface area contributed by atoms with Gasteiger partial charge in [0.15, 0.2) is 0 Å². The van der Waals surface area contributed by atoms with Gasteiger partial charge in [0.1, 0.15) is 0 Å². The summed E-state index contributed by atoms with van der Waals surface area (Å²) in [7, 11) is 0. The van der Waals surface area contributed by atoms with Crippen molar-refractivity contribution >= 4 is 24.8 Å². The second-order valence-corrected chi connectivity index (χ2v) is 8.82. The van der Waals surface area contributed by atoms with Crippen LogP contribution >= 0.6 is 24.8 Å². The van der Waals surface area contributed by atoms with E-state index in [0.29, 0.717) is 23.5 Å². The fourth-order valence-corrected chi connectivity index (χ4v) is 5.25. The summed E-state index contributed by atoms with van der Waals surface area (Å²) in [5.41, 5.74) is 0.684. The molecule has 2 saturated carbocycles. The van der Waals surface area contributed by atoms with Gasteiger partial charge < -0.3 is 14.7 Å². The Labute approximate surface area is 166 Å².